The molecule has 0 amide bonds. The van der Waals surface area contributed by atoms with E-state index in [1.54, 1.807) is 6.33 Å². The quantitative estimate of drug-likeness (QED) is 0.916. The second-order valence-electron chi connectivity index (χ2n) is 5.72. The van der Waals surface area contributed by atoms with Crippen LogP contribution in [0.3, 0.4) is 0 Å². The van der Waals surface area contributed by atoms with Crippen LogP contribution >= 0.6 is 0 Å². The third kappa shape index (κ3) is 2.96. The third-order valence-electron chi connectivity index (χ3n) is 3.97. The first-order valence-electron chi connectivity index (χ1n) is 7.22. The summed E-state index contributed by atoms with van der Waals surface area (Å²) in [4.78, 5) is 10.9. The van der Waals surface area contributed by atoms with E-state index in [-0.39, 0.29) is 5.92 Å². The van der Waals surface area contributed by atoms with Crippen LogP contribution in [0.15, 0.2) is 23.5 Å². The zero-order valence-electron chi connectivity index (χ0n) is 12.7. The molecular formula is C14H19N5O2S. The van der Waals surface area contributed by atoms with Gasteiger partial charge in [0.1, 0.15) is 17.0 Å². The molecule has 1 atom stereocenters. The number of rotatable bonds is 3. The summed E-state index contributed by atoms with van der Waals surface area (Å²) in [5.74, 6) is 0.994. The van der Waals surface area contributed by atoms with E-state index in [1.165, 1.54) is 12.5 Å². The molecule has 22 heavy (non-hydrogen) atoms. The molecule has 1 saturated heterocycles. The van der Waals surface area contributed by atoms with Gasteiger partial charge < -0.3 is 4.90 Å². The van der Waals surface area contributed by atoms with Crippen molar-refractivity contribution in [3.8, 4) is 0 Å². The van der Waals surface area contributed by atoms with Crippen LogP contribution in [0.2, 0.25) is 0 Å². The van der Waals surface area contributed by atoms with Crippen LogP contribution in [0.5, 0.6) is 0 Å². The first-order chi connectivity index (χ1) is 10.4. The van der Waals surface area contributed by atoms with Gasteiger partial charge in [-0.05, 0) is 19.8 Å². The number of piperidine rings is 1. The third-order valence-corrected chi connectivity index (χ3v) is 5.10. The van der Waals surface area contributed by atoms with Crippen LogP contribution in [0.1, 0.15) is 30.1 Å². The van der Waals surface area contributed by atoms with E-state index >= 15 is 0 Å². The lowest BCUT2D eigenvalue weighted by atomic mass is 9.95. The Bertz CT molecular complexity index is 771. The highest BCUT2D eigenvalue weighted by Crippen LogP contribution is 2.31. The lowest BCUT2D eigenvalue weighted by molar-refractivity contribution is 0.491. The van der Waals surface area contributed by atoms with Crippen molar-refractivity contribution < 1.29 is 8.42 Å². The van der Waals surface area contributed by atoms with Crippen molar-refractivity contribution in [2.75, 3.05) is 24.2 Å². The summed E-state index contributed by atoms with van der Waals surface area (Å²) in [5, 5.41) is 6.80. The summed E-state index contributed by atoms with van der Waals surface area (Å²) < 4.78 is 23.7. The van der Waals surface area contributed by atoms with Gasteiger partial charge >= 0.3 is 0 Å². The van der Waals surface area contributed by atoms with Gasteiger partial charge in [-0.1, -0.05) is 0 Å². The fourth-order valence-corrected chi connectivity index (χ4v) is 3.76. The van der Waals surface area contributed by atoms with Gasteiger partial charge in [0, 0.05) is 37.0 Å². The molecule has 3 heterocycles. The average molecular weight is 321 g/mol. The summed E-state index contributed by atoms with van der Waals surface area (Å²) in [6.45, 7) is 3.57. The van der Waals surface area contributed by atoms with E-state index in [9.17, 15) is 8.42 Å². The van der Waals surface area contributed by atoms with Gasteiger partial charge in [0.25, 0.3) is 0 Å². The molecule has 1 aliphatic rings. The van der Waals surface area contributed by atoms with E-state index in [2.05, 4.69) is 25.1 Å². The van der Waals surface area contributed by atoms with Gasteiger partial charge in [0.2, 0.25) is 0 Å². The van der Waals surface area contributed by atoms with Crippen LogP contribution < -0.4 is 4.90 Å². The molecule has 1 aliphatic heterocycles. The fraction of sp³-hybridized carbons (Fsp3) is 0.500. The molecule has 2 aromatic rings. The molecule has 0 unspecified atom stereocenters. The Kier molecular flexibility index (Phi) is 3.86. The minimum absolute atomic E-state index is 0.108. The number of H-pyrrole nitrogens is 1. The van der Waals surface area contributed by atoms with E-state index in [0.717, 1.165) is 37.4 Å². The molecule has 2 aromatic heterocycles. The maximum absolute atomic E-state index is 11.9. The van der Waals surface area contributed by atoms with Crippen LogP contribution in [0.25, 0.3) is 0 Å². The highest BCUT2D eigenvalue weighted by atomic mass is 32.2. The van der Waals surface area contributed by atoms with Crippen molar-refractivity contribution >= 4 is 15.7 Å². The summed E-state index contributed by atoms with van der Waals surface area (Å²) in [5.41, 5.74) is 1.63. The van der Waals surface area contributed by atoms with Crippen LogP contribution in [-0.4, -0.2) is 47.9 Å². The molecule has 8 heteroatoms. The fourth-order valence-electron chi connectivity index (χ4n) is 2.91. The summed E-state index contributed by atoms with van der Waals surface area (Å²) in [7, 11) is -3.27. The van der Waals surface area contributed by atoms with Crippen molar-refractivity contribution in [1.29, 1.82) is 0 Å². The topological polar surface area (TPSA) is 91.8 Å². The largest absolute Gasteiger partial charge is 0.356 e. The van der Waals surface area contributed by atoms with E-state index in [1.807, 2.05) is 13.0 Å². The molecule has 0 aliphatic carbocycles. The summed E-state index contributed by atoms with van der Waals surface area (Å²) in [6, 6.07) is 1.95. The van der Waals surface area contributed by atoms with Gasteiger partial charge in [-0.2, -0.15) is 5.10 Å². The SMILES string of the molecule is Cc1cc(N2CCC[C@@H](c3[nH]ncc3S(C)(=O)=O)C2)ncn1. The zero-order valence-corrected chi connectivity index (χ0v) is 13.5. The van der Waals surface area contributed by atoms with E-state index in [0.29, 0.717) is 10.6 Å². The smallest absolute Gasteiger partial charge is 0.178 e. The van der Waals surface area contributed by atoms with Gasteiger partial charge in [-0.3, -0.25) is 5.10 Å². The number of hydrogen-bond acceptors (Lipinski definition) is 6. The lowest BCUT2D eigenvalue weighted by Crippen LogP contribution is -2.35. The molecular weight excluding hydrogens is 302 g/mol. The molecule has 0 aromatic carbocycles. The van der Waals surface area contributed by atoms with Crippen molar-refractivity contribution in [3.63, 3.8) is 0 Å². The Morgan fingerprint density at radius 2 is 2.18 bits per heavy atom. The Morgan fingerprint density at radius 3 is 2.91 bits per heavy atom. The Hall–Kier alpha value is -1.96. The summed E-state index contributed by atoms with van der Waals surface area (Å²) >= 11 is 0. The minimum atomic E-state index is -3.27. The highest BCUT2D eigenvalue weighted by Gasteiger charge is 2.28. The number of sulfone groups is 1. The van der Waals surface area contributed by atoms with Gasteiger partial charge in [-0.15, -0.1) is 0 Å². The number of nitrogens with zero attached hydrogens (tertiary/aromatic N) is 4. The minimum Gasteiger partial charge on any atom is -0.356 e. The van der Waals surface area contributed by atoms with Gasteiger partial charge in [0.15, 0.2) is 9.84 Å². The zero-order chi connectivity index (χ0) is 15.7. The van der Waals surface area contributed by atoms with E-state index in [4.69, 9.17) is 0 Å². The Labute approximate surface area is 129 Å². The average Bonchev–Trinajstić information content (AvgIpc) is 2.97. The predicted octanol–water partition coefficient (Wildman–Crippen LogP) is 1.30. The molecule has 0 bridgehead atoms. The molecule has 118 valence electrons. The predicted molar refractivity (Wildman–Crippen MR) is 82.7 cm³/mol. The van der Waals surface area contributed by atoms with Crippen LogP contribution in [0.4, 0.5) is 5.82 Å². The number of anilines is 1. The van der Waals surface area contributed by atoms with Crippen molar-refractivity contribution in [3.05, 3.63) is 30.0 Å². The molecule has 1 fully saturated rings. The molecule has 7 nitrogen and oxygen atoms in total. The second kappa shape index (κ2) is 5.68. The van der Waals surface area contributed by atoms with Crippen molar-refractivity contribution in [2.45, 2.75) is 30.6 Å². The number of nitrogens with one attached hydrogen (secondary N) is 1. The second-order valence-corrected chi connectivity index (χ2v) is 7.71. The molecule has 0 saturated carbocycles. The maximum atomic E-state index is 11.9. The molecule has 0 spiro atoms. The first kappa shape index (κ1) is 15.0. The van der Waals surface area contributed by atoms with Crippen LogP contribution in [0, 0.1) is 6.92 Å². The number of aryl methyl sites for hydroxylation is 1. The number of hydrogen-bond donors (Lipinski definition) is 1. The van der Waals surface area contributed by atoms with E-state index < -0.39 is 9.84 Å². The first-order valence-corrected chi connectivity index (χ1v) is 9.11. The Morgan fingerprint density at radius 1 is 1.36 bits per heavy atom. The van der Waals surface area contributed by atoms with Gasteiger partial charge in [0.05, 0.1) is 11.9 Å². The normalized spacial score (nSPS) is 19.4. The summed E-state index contributed by atoms with van der Waals surface area (Å²) in [6.07, 6.45) is 6.10. The number of aromatic nitrogens is 4. The molecule has 0 radical (unpaired) electrons. The maximum Gasteiger partial charge on any atom is 0.178 e. The molecule has 1 N–H and O–H groups in total. The highest BCUT2D eigenvalue weighted by molar-refractivity contribution is 7.90. The Balaban J connectivity index is 1.87. The molecule has 3 rings (SSSR count). The number of aromatic amines is 1. The van der Waals surface area contributed by atoms with Crippen LogP contribution in [-0.2, 0) is 9.84 Å². The monoisotopic (exact) mass is 321 g/mol. The van der Waals surface area contributed by atoms with Crippen molar-refractivity contribution in [1.82, 2.24) is 20.2 Å². The standard InChI is InChI=1S/C14H19N5O2S/c1-10-6-13(16-9-15-10)19-5-3-4-11(8-19)14-12(7-17-18-14)22(2,20)21/h6-7,9,11H,3-5,8H2,1-2H3,(H,17,18)/t11-/m1/s1. The van der Waals surface area contributed by atoms with Crippen molar-refractivity contribution in [2.24, 2.45) is 0 Å². The van der Waals surface area contributed by atoms with Gasteiger partial charge in [-0.25, -0.2) is 18.4 Å². The lowest BCUT2D eigenvalue weighted by Gasteiger charge is -2.33.